The Morgan fingerprint density at radius 3 is 2.80 bits per heavy atom. The highest BCUT2D eigenvalue weighted by molar-refractivity contribution is 5.91. The maximum absolute atomic E-state index is 11.6. The van der Waals surface area contributed by atoms with E-state index in [2.05, 4.69) is 6.92 Å². The predicted octanol–water partition coefficient (Wildman–Crippen LogP) is 3.49. The van der Waals surface area contributed by atoms with Gasteiger partial charge in [0.1, 0.15) is 0 Å². The van der Waals surface area contributed by atoms with Crippen molar-refractivity contribution in [2.45, 2.75) is 64.4 Å². The molecule has 0 aromatic carbocycles. The van der Waals surface area contributed by atoms with Gasteiger partial charge in [-0.2, -0.15) is 0 Å². The second kappa shape index (κ2) is 4.43. The van der Waals surface area contributed by atoms with E-state index >= 15 is 0 Å². The summed E-state index contributed by atoms with van der Waals surface area (Å²) in [6.07, 6.45) is 10.9. The van der Waals surface area contributed by atoms with Gasteiger partial charge in [-0.1, -0.05) is 12.5 Å². The van der Waals surface area contributed by atoms with Crippen molar-refractivity contribution in [3.05, 3.63) is 11.6 Å². The third-order valence-electron chi connectivity index (χ3n) is 7.25. The quantitative estimate of drug-likeness (QED) is 0.689. The Bertz CT molecular complexity index is 466. The van der Waals surface area contributed by atoms with Gasteiger partial charge in [0.25, 0.3) is 0 Å². The molecule has 0 bridgehead atoms. The zero-order chi connectivity index (χ0) is 13.9. The summed E-state index contributed by atoms with van der Waals surface area (Å²) in [4.78, 5) is 11.6. The first-order chi connectivity index (χ1) is 9.59. The lowest BCUT2D eigenvalue weighted by Crippen LogP contribution is -2.47. The van der Waals surface area contributed by atoms with E-state index in [1.807, 2.05) is 6.08 Å². The molecule has 0 heterocycles. The molecule has 2 nitrogen and oxygen atoms in total. The fourth-order valence-electron chi connectivity index (χ4n) is 6.15. The molecule has 2 heteroatoms. The molecule has 20 heavy (non-hydrogen) atoms. The lowest BCUT2D eigenvalue weighted by Gasteiger charge is -2.53. The summed E-state index contributed by atoms with van der Waals surface area (Å²) in [5.41, 5.74) is 1.65. The summed E-state index contributed by atoms with van der Waals surface area (Å²) in [6, 6.07) is 0. The van der Waals surface area contributed by atoms with Gasteiger partial charge in [-0.3, -0.25) is 4.79 Å². The molecule has 1 N–H and O–H groups in total. The fraction of sp³-hybridized carbons (Fsp3) is 0.833. The van der Waals surface area contributed by atoms with Gasteiger partial charge in [0.15, 0.2) is 5.78 Å². The lowest BCUT2D eigenvalue weighted by molar-refractivity contribution is -0.116. The summed E-state index contributed by atoms with van der Waals surface area (Å²) < 4.78 is 0. The number of hydrogen-bond donors (Lipinski definition) is 1. The Balaban J connectivity index is 1.63. The summed E-state index contributed by atoms with van der Waals surface area (Å²) in [5, 5.41) is 10.4. The Kier molecular flexibility index (Phi) is 2.89. The molecule has 110 valence electrons. The van der Waals surface area contributed by atoms with Crippen LogP contribution in [0.4, 0.5) is 0 Å². The Morgan fingerprint density at radius 1 is 1.10 bits per heavy atom. The highest BCUT2D eigenvalue weighted by atomic mass is 16.3. The third kappa shape index (κ3) is 1.70. The van der Waals surface area contributed by atoms with Crippen LogP contribution < -0.4 is 0 Å². The van der Waals surface area contributed by atoms with Gasteiger partial charge in [0.05, 0.1) is 6.10 Å². The van der Waals surface area contributed by atoms with Crippen LogP contribution in [0.15, 0.2) is 11.6 Å². The Morgan fingerprint density at radius 2 is 1.95 bits per heavy atom. The summed E-state index contributed by atoms with van der Waals surface area (Å²) >= 11 is 0. The van der Waals surface area contributed by atoms with Crippen molar-refractivity contribution in [3.63, 3.8) is 0 Å². The van der Waals surface area contributed by atoms with Crippen LogP contribution >= 0.6 is 0 Å². The van der Waals surface area contributed by atoms with E-state index in [4.69, 9.17) is 0 Å². The van der Waals surface area contributed by atoms with Crippen LogP contribution in [0.5, 0.6) is 0 Å². The van der Waals surface area contributed by atoms with Crippen LogP contribution in [0.25, 0.3) is 0 Å². The monoisotopic (exact) mass is 279 g/mol. The Labute approximate surface area is 121 Å². The number of carbonyl (C=O) groups excluding carboxylic acids is 1. The van der Waals surface area contributed by atoms with Crippen LogP contribution in [0.1, 0.15) is 58.3 Å². The number of rotatable bonds is 0. The minimum Gasteiger partial charge on any atom is -0.393 e. The van der Waals surface area contributed by atoms with Crippen LogP contribution in [-0.4, -0.2) is 17.0 Å². The summed E-state index contributed by atoms with van der Waals surface area (Å²) in [7, 11) is 0. The predicted molar refractivity (Wildman–Crippen MR) is 78.1 cm³/mol. The van der Waals surface area contributed by atoms with Crippen molar-refractivity contribution < 1.29 is 9.90 Å². The van der Waals surface area contributed by atoms with Crippen molar-refractivity contribution in [1.29, 1.82) is 0 Å². The number of allylic oxidation sites excluding steroid dienone is 1. The molecule has 4 aliphatic rings. The van der Waals surface area contributed by atoms with Crippen LogP contribution in [0.3, 0.4) is 0 Å². The standard InChI is InChI=1S/C18H26O2/c1-18-9-8-14-13-5-3-12(19)10-11(13)2-4-15(14)16(18)6-7-17(18)20/h10,13-17,20H,2-9H2,1H3/t13-,14+,15+,16-,17-,18-/m0/s1/i3+1,5+1,10+1,12+1,13+1. The number of aliphatic hydroxyl groups is 1. The molecule has 3 saturated carbocycles. The van der Waals surface area contributed by atoms with Gasteiger partial charge in [0.2, 0.25) is 0 Å². The third-order valence-corrected chi connectivity index (χ3v) is 7.25. The first kappa shape index (κ1) is 13.1. The minimum absolute atomic E-state index is 0.0710. The van der Waals surface area contributed by atoms with Crippen LogP contribution in [0.2, 0.25) is 0 Å². The smallest absolute Gasteiger partial charge is 0.155 e. The summed E-state index contributed by atoms with van der Waals surface area (Å²) in [6.45, 7) is 2.33. The van der Waals surface area contributed by atoms with Gasteiger partial charge in [0, 0.05) is 6.42 Å². The van der Waals surface area contributed by atoms with Gasteiger partial charge in [-0.05, 0) is 80.1 Å². The van der Waals surface area contributed by atoms with Crippen molar-refractivity contribution in [1.82, 2.24) is 0 Å². The van der Waals surface area contributed by atoms with Crippen molar-refractivity contribution in [2.24, 2.45) is 29.1 Å². The normalized spacial score (nSPS) is 51.0. The molecule has 0 saturated heterocycles. The molecule has 6 atom stereocenters. The maximum atomic E-state index is 11.6. The average molecular weight is 279 g/mol. The molecule has 0 aromatic rings. The maximum Gasteiger partial charge on any atom is 0.155 e. The second-order valence-electron chi connectivity index (χ2n) is 7.94. The average Bonchev–Trinajstić information content (AvgIpc) is 2.74. The first-order valence-electron chi connectivity index (χ1n) is 8.51. The van der Waals surface area contributed by atoms with Gasteiger partial charge in [-0.25, -0.2) is 0 Å². The fourth-order valence-corrected chi connectivity index (χ4v) is 6.15. The zero-order valence-corrected chi connectivity index (χ0v) is 12.5. The number of aliphatic hydroxyl groups excluding tert-OH is 1. The molecule has 0 unspecified atom stereocenters. The molecular formula is C18H26O2. The second-order valence-corrected chi connectivity index (χ2v) is 7.94. The molecule has 0 aliphatic heterocycles. The highest BCUT2D eigenvalue weighted by Crippen LogP contribution is 2.61. The number of hydrogen-bond acceptors (Lipinski definition) is 2. The highest BCUT2D eigenvalue weighted by Gasteiger charge is 2.55. The van der Waals surface area contributed by atoms with Crippen molar-refractivity contribution >= 4 is 5.78 Å². The van der Waals surface area contributed by atoms with Crippen LogP contribution in [-0.2, 0) is 4.79 Å². The van der Waals surface area contributed by atoms with E-state index in [-0.39, 0.29) is 11.5 Å². The van der Waals surface area contributed by atoms with E-state index in [9.17, 15) is 9.90 Å². The molecule has 0 spiro atoms. The lowest BCUT2D eigenvalue weighted by atomic mass is 9.58. The first-order valence-corrected chi connectivity index (χ1v) is 8.51. The molecule has 0 radical (unpaired) electrons. The molecular weight excluding hydrogens is 253 g/mol. The van der Waals surface area contributed by atoms with Gasteiger partial charge >= 0.3 is 0 Å². The van der Waals surface area contributed by atoms with E-state index in [0.717, 1.165) is 43.4 Å². The SMILES string of the molecule is C[C@]12CC[C@H]3[C@@H](CCC4=[13CH][13C](=O)[13CH2][13CH2][13C@@H]43)[C@@H]1CC[C@@H]2O. The topological polar surface area (TPSA) is 37.3 Å². The number of ketones is 1. The minimum atomic E-state index is -0.0710. The Hall–Kier alpha value is -0.630. The molecule has 3 fully saturated rings. The zero-order valence-electron chi connectivity index (χ0n) is 12.5. The number of fused-ring (bicyclic) bond motifs is 5. The molecule has 4 rings (SSSR count). The van der Waals surface area contributed by atoms with E-state index < -0.39 is 0 Å². The van der Waals surface area contributed by atoms with Crippen molar-refractivity contribution in [3.8, 4) is 0 Å². The van der Waals surface area contributed by atoms with Gasteiger partial charge < -0.3 is 5.11 Å². The molecule has 0 aromatic heterocycles. The molecule has 4 aliphatic carbocycles. The van der Waals surface area contributed by atoms with E-state index in [1.54, 1.807) is 0 Å². The van der Waals surface area contributed by atoms with E-state index in [0.29, 0.717) is 11.7 Å². The van der Waals surface area contributed by atoms with Gasteiger partial charge in [-0.15, -0.1) is 0 Å². The largest absolute Gasteiger partial charge is 0.393 e. The van der Waals surface area contributed by atoms with Crippen molar-refractivity contribution in [2.75, 3.05) is 0 Å². The summed E-state index contributed by atoms with van der Waals surface area (Å²) in [5.74, 6) is 3.38. The number of carbonyl (C=O) groups is 1. The van der Waals surface area contributed by atoms with Crippen LogP contribution in [0, 0.1) is 29.1 Å². The van der Waals surface area contributed by atoms with E-state index in [1.165, 1.54) is 31.3 Å². The molecule has 0 amide bonds.